The second-order valence-corrected chi connectivity index (χ2v) is 6.51. The van der Waals surface area contributed by atoms with Crippen molar-refractivity contribution in [3.8, 4) is 5.69 Å². The van der Waals surface area contributed by atoms with Crippen molar-refractivity contribution in [3.63, 3.8) is 0 Å². The standard InChI is InChI=1S/C18H25N5/c1-2-4-16(5-3-1)23-13-9-20-18(23)15-21-10-6-17(14-21)22-11-7-19-8-12-22/h1-5,9,13,17,19H,6-8,10-12,14-15H2. The molecule has 122 valence electrons. The fourth-order valence-corrected chi connectivity index (χ4v) is 3.78. The molecule has 23 heavy (non-hydrogen) atoms. The molecule has 2 aromatic rings. The molecule has 0 radical (unpaired) electrons. The normalized spacial score (nSPS) is 23.4. The monoisotopic (exact) mass is 311 g/mol. The number of piperazine rings is 1. The Bertz CT molecular complexity index is 617. The van der Waals surface area contributed by atoms with E-state index < -0.39 is 0 Å². The largest absolute Gasteiger partial charge is 0.314 e. The molecule has 5 heteroatoms. The number of hydrogen-bond acceptors (Lipinski definition) is 4. The van der Waals surface area contributed by atoms with E-state index >= 15 is 0 Å². The summed E-state index contributed by atoms with van der Waals surface area (Å²) in [6.45, 7) is 7.93. The third-order valence-corrected chi connectivity index (χ3v) is 5.03. The van der Waals surface area contributed by atoms with Gasteiger partial charge in [-0.3, -0.25) is 9.80 Å². The van der Waals surface area contributed by atoms with E-state index in [0.29, 0.717) is 0 Å². The van der Waals surface area contributed by atoms with Crippen molar-refractivity contribution in [2.24, 2.45) is 0 Å². The lowest BCUT2D eigenvalue weighted by Gasteiger charge is -2.32. The second-order valence-electron chi connectivity index (χ2n) is 6.51. The highest BCUT2D eigenvalue weighted by Gasteiger charge is 2.28. The van der Waals surface area contributed by atoms with Gasteiger partial charge in [0.2, 0.25) is 0 Å². The van der Waals surface area contributed by atoms with Crippen molar-refractivity contribution in [1.29, 1.82) is 0 Å². The van der Waals surface area contributed by atoms with Crippen LogP contribution in [-0.2, 0) is 6.54 Å². The maximum atomic E-state index is 4.59. The Morgan fingerprint density at radius 3 is 2.74 bits per heavy atom. The predicted molar refractivity (Wildman–Crippen MR) is 91.7 cm³/mol. The van der Waals surface area contributed by atoms with Gasteiger partial charge in [-0.1, -0.05) is 18.2 Å². The highest BCUT2D eigenvalue weighted by atomic mass is 15.3. The summed E-state index contributed by atoms with van der Waals surface area (Å²) in [4.78, 5) is 9.79. The zero-order chi connectivity index (χ0) is 15.5. The third-order valence-electron chi connectivity index (χ3n) is 5.03. The summed E-state index contributed by atoms with van der Waals surface area (Å²) in [6, 6.07) is 11.2. The Morgan fingerprint density at radius 2 is 1.91 bits per heavy atom. The summed E-state index contributed by atoms with van der Waals surface area (Å²) in [5.74, 6) is 1.14. The number of nitrogens with one attached hydrogen (secondary N) is 1. The van der Waals surface area contributed by atoms with E-state index in [1.807, 2.05) is 6.20 Å². The second kappa shape index (κ2) is 6.83. The SMILES string of the molecule is c1ccc(-n2ccnc2CN2CCC(N3CCNCC3)C2)cc1. The molecular formula is C18H25N5. The molecular weight excluding hydrogens is 286 g/mol. The number of nitrogens with zero attached hydrogens (tertiary/aromatic N) is 4. The highest BCUT2D eigenvalue weighted by molar-refractivity contribution is 5.32. The lowest BCUT2D eigenvalue weighted by atomic mass is 10.2. The zero-order valence-corrected chi connectivity index (χ0v) is 13.6. The number of aromatic nitrogens is 2. The van der Waals surface area contributed by atoms with E-state index in [1.54, 1.807) is 0 Å². The minimum absolute atomic E-state index is 0.720. The molecule has 1 aromatic heterocycles. The van der Waals surface area contributed by atoms with E-state index in [-0.39, 0.29) is 0 Å². The first kappa shape index (κ1) is 14.9. The smallest absolute Gasteiger partial charge is 0.127 e. The molecule has 2 saturated heterocycles. The molecule has 1 N–H and O–H groups in total. The Balaban J connectivity index is 1.41. The van der Waals surface area contributed by atoms with Crippen molar-refractivity contribution in [2.45, 2.75) is 19.0 Å². The lowest BCUT2D eigenvalue weighted by molar-refractivity contribution is 0.170. The Morgan fingerprint density at radius 1 is 1.09 bits per heavy atom. The van der Waals surface area contributed by atoms with Gasteiger partial charge in [-0.2, -0.15) is 0 Å². The molecule has 1 atom stereocenters. The molecule has 0 spiro atoms. The van der Waals surface area contributed by atoms with Gasteiger partial charge in [0.1, 0.15) is 5.82 Å². The van der Waals surface area contributed by atoms with E-state index in [9.17, 15) is 0 Å². The number of benzene rings is 1. The Labute approximate surface area is 137 Å². The van der Waals surface area contributed by atoms with Crippen molar-refractivity contribution >= 4 is 0 Å². The topological polar surface area (TPSA) is 36.3 Å². The summed E-state index contributed by atoms with van der Waals surface area (Å²) in [6.07, 6.45) is 5.26. The average molecular weight is 311 g/mol. The van der Waals surface area contributed by atoms with Crippen LogP contribution in [0.1, 0.15) is 12.2 Å². The quantitative estimate of drug-likeness (QED) is 0.925. The third kappa shape index (κ3) is 3.32. The average Bonchev–Trinajstić information content (AvgIpc) is 3.26. The summed E-state index contributed by atoms with van der Waals surface area (Å²) in [7, 11) is 0. The molecule has 5 nitrogen and oxygen atoms in total. The molecule has 1 aromatic carbocycles. The number of imidazole rings is 1. The summed E-state index contributed by atoms with van der Waals surface area (Å²) < 4.78 is 2.21. The van der Waals surface area contributed by atoms with Gasteiger partial charge in [0, 0.05) is 63.4 Å². The van der Waals surface area contributed by atoms with Crippen LogP contribution < -0.4 is 5.32 Å². The van der Waals surface area contributed by atoms with Crippen LogP contribution in [0, 0.1) is 0 Å². The van der Waals surface area contributed by atoms with Gasteiger partial charge in [0.05, 0.1) is 6.54 Å². The van der Waals surface area contributed by atoms with Crippen LogP contribution in [0.3, 0.4) is 0 Å². The molecule has 2 aliphatic heterocycles. The minimum Gasteiger partial charge on any atom is -0.314 e. The number of hydrogen-bond donors (Lipinski definition) is 1. The van der Waals surface area contributed by atoms with E-state index in [2.05, 4.69) is 61.2 Å². The van der Waals surface area contributed by atoms with Gasteiger partial charge in [-0.05, 0) is 18.6 Å². The molecule has 0 aliphatic carbocycles. The summed E-state index contributed by atoms with van der Waals surface area (Å²) in [5, 5.41) is 3.44. The maximum Gasteiger partial charge on any atom is 0.127 e. The van der Waals surface area contributed by atoms with Crippen LogP contribution in [-0.4, -0.2) is 64.7 Å². The first-order valence-electron chi connectivity index (χ1n) is 8.65. The first-order chi connectivity index (χ1) is 11.4. The molecule has 4 rings (SSSR count). The van der Waals surface area contributed by atoms with Gasteiger partial charge < -0.3 is 9.88 Å². The van der Waals surface area contributed by atoms with Gasteiger partial charge >= 0.3 is 0 Å². The Hall–Kier alpha value is -1.69. The van der Waals surface area contributed by atoms with Crippen molar-refractivity contribution in [1.82, 2.24) is 24.7 Å². The summed E-state index contributed by atoms with van der Waals surface area (Å²) >= 11 is 0. The number of likely N-dealkylation sites (tertiary alicyclic amines) is 1. The predicted octanol–water partition coefficient (Wildman–Crippen LogP) is 1.35. The summed E-state index contributed by atoms with van der Waals surface area (Å²) in [5.41, 5.74) is 1.19. The minimum atomic E-state index is 0.720. The van der Waals surface area contributed by atoms with E-state index in [4.69, 9.17) is 0 Å². The van der Waals surface area contributed by atoms with Crippen LogP contribution in [0.15, 0.2) is 42.7 Å². The van der Waals surface area contributed by atoms with Crippen LogP contribution in [0.2, 0.25) is 0 Å². The molecule has 2 aliphatic rings. The van der Waals surface area contributed by atoms with Gasteiger partial charge in [-0.15, -0.1) is 0 Å². The van der Waals surface area contributed by atoms with Gasteiger partial charge in [0.25, 0.3) is 0 Å². The van der Waals surface area contributed by atoms with Crippen LogP contribution in [0.25, 0.3) is 5.69 Å². The molecule has 2 fully saturated rings. The molecule has 3 heterocycles. The van der Waals surface area contributed by atoms with Crippen molar-refractivity contribution in [3.05, 3.63) is 48.5 Å². The zero-order valence-electron chi connectivity index (χ0n) is 13.6. The van der Waals surface area contributed by atoms with E-state index in [0.717, 1.165) is 31.5 Å². The molecule has 0 bridgehead atoms. The molecule has 0 amide bonds. The van der Waals surface area contributed by atoms with E-state index in [1.165, 1.54) is 38.3 Å². The number of para-hydroxylation sites is 1. The van der Waals surface area contributed by atoms with Gasteiger partial charge in [-0.25, -0.2) is 4.98 Å². The van der Waals surface area contributed by atoms with Crippen LogP contribution in [0.4, 0.5) is 0 Å². The van der Waals surface area contributed by atoms with Crippen molar-refractivity contribution in [2.75, 3.05) is 39.3 Å². The molecule has 0 saturated carbocycles. The van der Waals surface area contributed by atoms with Crippen LogP contribution >= 0.6 is 0 Å². The lowest BCUT2D eigenvalue weighted by Crippen LogP contribution is -2.49. The maximum absolute atomic E-state index is 4.59. The van der Waals surface area contributed by atoms with Gasteiger partial charge in [0.15, 0.2) is 0 Å². The fraction of sp³-hybridized carbons (Fsp3) is 0.500. The fourth-order valence-electron chi connectivity index (χ4n) is 3.78. The van der Waals surface area contributed by atoms with Crippen molar-refractivity contribution < 1.29 is 0 Å². The van der Waals surface area contributed by atoms with Crippen LogP contribution in [0.5, 0.6) is 0 Å². The molecule has 1 unspecified atom stereocenters. The highest BCUT2D eigenvalue weighted by Crippen LogP contribution is 2.19. The first-order valence-corrected chi connectivity index (χ1v) is 8.65. The number of rotatable bonds is 4. The Kier molecular flexibility index (Phi) is 4.41.